The molecule has 1 aromatic rings. The molecule has 0 nitrogen and oxygen atoms in total. The summed E-state index contributed by atoms with van der Waals surface area (Å²) in [4.78, 5) is 0. The van der Waals surface area contributed by atoms with Crippen LogP contribution in [0.4, 0.5) is 0 Å². The zero-order chi connectivity index (χ0) is 10.5. The Bertz CT molecular complexity index is 408. The Balaban J connectivity index is 2.22. The maximum atomic E-state index is 2.43. The Kier molecular flexibility index (Phi) is 2.43. The fourth-order valence-electron chi connectivity index (χ4n) is 3.35. The standard InChI is InChI=1S/C14H17.Hf/c1-2-10-6-8-12-9-7-11-4-3-5-13(11)14(10)12;/h7,9H,2-6,8H2,1H3;. The van der Waals surface area contributed by atoms with Crippen LogP contribution in [0.2, 0.25) is 0 Å². The predicted molar refractivity (Wildman–Crippen MR) is 58.8 cm³/mol. The van der Waals surface area contributed by atoms with Crippen molar-refractivity contribution in [2.75, 3.05) is 0 Å². The van der Waals surface area contributed by atoms with Crippen LogP contribution >= 0.6 is 0 Å². The van der Waals surface area contributed by atoms with E-state index in [-0.39, 0.29) is 0 Å². The molecule has 0 radical (unpaired) electrons. The van der Waals surface area contributed by atoms with Crippen molar-refractivity contribution < 1.29 is 24.4 Å². The second kappa shape index (κ2) is 3.55. The molecule has 0 saturated carbocycles. The number of rotatable bonds is 1. The molecule has 0 fully saturated rings. The summed E-state index contributed by atoms with van der Waals surface area (Å²) in [6.45, 7) is 2.39. The van der Waals surface area contributed by atoms with Gasteiger partial charge in [0.05, 0.1) is 0 Å². The summed E-state index contributed by atoms with van der Waals surface area (Å²) in [5.41, 5.74) is 6.94. The van der Waals surface area contributed by atoms with E-state index in [4.69, 9.17) is 0 Å². The molecule has 0 N–H and O–H groups in total. The van der Waals surface area contributed by atoms with Crippen LogP contribution in [0, 0.1) is 0 Å². The maximum absolute atomic E-state index is 2.43. The number of fused-ring (bicyclic) bond motifs is 3. The van der Waals surface area contributed by atoms with Crippen LogP contribution < -0.4 is 0 Å². The van der Waals surface area contributed by atoms with Gasteiger partial charge in [-0.3, -0.25) is 0 Å². The summed E-state index contributed by atoms with van der Waals surface area (Å²) >= 11 is 1.34. The molecule has 0 spiro atoms. The van der Waals surface area contributed by atoms with Crippen molar-refractivity contribution in [3.8, 4) is 0 Å². The SMILES string of the molecule is CC[C]1([Hf])CCc2ccc3c(c21)CCC3. The van der Waals surface area contributed by atoms with Gasteiger partial charge in [0.1, 0.15) is 0 Å². The van der Waals surface area contributed by atoms with Gasteiger partial charge in [-0.25, -0.2) is 0 Å². The first-order valence-electron chi connectivity index (χ1n) is 6.14. The van der Waals surface area contributed by atoms with E-state index in [1.807, 2.05) is 5.56 Å². The van der Waals surface area contributed by atoms with Gasteiger partial charge in [-0.15, -0.1) is 0 Å². The normalized spacial score (nSPS) is 27.7. The fourth-order valence-corrected chi connectivity index (χ4v) is 4.91. The van der Waals surface area contributed by atoms with Crippen molar-refractivity contribution >= 4 is 0 Å². The minimum atomic E-state index is 0.630. The van der Waals surface area contributed by atoms with Gasteiger partial charge in [-0.05, 0) is 0 Å². The van der Waals surface area contributed by atoms with Crippen LogP contribution in [0.15, 0.2) is 12.1 Å². The molecule has 1 unspecified atom stereocenters. The van der Waals surface area contributed by atoms with Gasteiger partial charge in [0.2, 0.25) is 0 Å². The average Bonchev–Trinajstić information content (AvgIpc) is 2.83. The molecule has 15 heavy (non-hydrogen) atoms. The van der Waals surface area contributed by atoms with Gasteiger partial charge in [0, 0.05) is 0 Å². The number of hydrogen-bond acceptors (Lipinski definition) is 0. The molecule has 0 amide bonds. The van der Waals surface area contributed by atoms with Gasteiger partial charge in [0.25, 0.3) is 0 Å². The van der Waals surface area contributed by atoms with Crippen molar-refractivity contribution in [1.82, 2.24) is 0 Å². The molecular weight excluding hydrogens is 347 g/mol. The Morgan fingerprint density at radius 3 is 2.80 bits per heavy atom. The molecular formula is C14H17Hf. The zero-order valence-electron chi connectivity index (χ0n) is 9.40. The van der Waals surface area contributed by atoms with E-state index in [1.165, 1.54) is 62.9 Å². The van der Waals surface area contributed by atoms with Gasteiger partial charge in [0.15, 0.2) is 0 Å². The third-order valence-corrected chi connectivity index (χ3v) is 7.34. The van der Waals surface area contributed by atoms with E-state index in [9.17, 15) is 0 Å². The van der Waals surface area contributed by atoms with Gasteiger partial charge in [-0.2, -0.15) is 0 Å². The Morgan fingerprint density at radius 2 is 2.00 bits per heavy atom. The second-order valence-electron chi connectivity index (χ2n) is 5.03. The molecule has 2 aliphatic rings. The minimum absolute atomic E-state index is 0.630. The summed E-state index contributed by atoms with van der Waals surface area (Å²) < 4.78 is 0.630. The van der Waals surface area contributed by atoms with E-state index < -0.39 is 0 Å². The predicted octanol–water partition coefficient (Wildman–Crippen LogP) is 3.27. The van der Waals surface area contributed by atoms with E-state index in [0.717, 1.165) is 0 Å². The number of hydrogen-bond donors (Lipinski definition) is 0. The molecule has 2 aliphatic carbocycles. The summed E-state index contributed by atoms with van der Waals surface area (Å²) in [6.07, 6.45) is 8.24. The molecule has 0 heterocycles. The average molecular weight is 364 g/mol. The van der Waals surface area contributed by atoms with Crippen molar-refractivity contribution in [3.63, 3.8) is 0 Å². The molecule has 0 bridgehead atoms. The third kappa shape index (κ3) is 1.42. The van der Waals surface area contributed by atoms with Crippen LogP contribution in [-0.2, 0) is 46.8 Å². The van der Waals surface area contributed by atoms with Gasteiger partial charge >= 0.3 is 107 Å². The Labute approximate surface area is 107 Å². The van der Waals surface area contributed by atoms with Crippen molar-refractivity contribution in [2.45, 2.75) is 48.6 Å². The van der Waals surface area contributed by atoms with E-state index in [0.29, 0.717) is 3.17 Å². The van der Waals surface area contributed by atoms with Crippen LogP contribution in [0.1, 0.15) is 48.4 Å². The van der Waals surface area contributed by atoms with Crippen LogP contribution in [-0.4, -0.2) is 0 Å². The van der Waals surface area contributed by atoms with Crippen LogP contribution in [0.25, 0.3) is 0 Å². The molecule has 0 aromatic heterocycles. The topological polar surface area (TPSA) is 0 Å². The molecule has 0 aliphatic heterocycles. The van der Waals surface area contributed by atoms with Crippen molar-refractivity contribution in [2.24, 2.45) is 0 Å². The first-order valence-corrected chi connectivity index (χ1v) is 7.93. The summed E-state index contributed by atoms with van der Waals surface area (Å²) in [5.74, 6) is 0. The Hall–Kier alpha value is 0.0901. The van der Waals surface area contributed by atoms with Crippen LogP contribution in [0.3, 0.4) is 0 Å². The number of benzene rings is 1. The number of aryl methyl sites for hydroxylation is 2. The van der Waals surface area contributed by atoms with E-state index >= 15 is 0 Å². The molecule has 1 heteroatoms. The van der Waals surface area contributed by atoms with E-state index in [2.05, 4.69) is 19.1 Å². The van der Waals surface area contributed by atoms with E-state index in [1.54, 1.807) is 16.7 Å². The molecule has 77 valence electrons. The fraction of sp³-hybridized carbons (Fsp3) is 0.571. The summed E-state index contributed by atoms with van der Waals surface area (Å²) in [7, 11) is 0. The first kappa shape index (κ1) is 10.3. The van der Waals surface area contributed by atoms with Gasteiger partial charge < -0.3 is 0 Å². The van der Waals surface area contributed by atoms with Gasteiger partial charge in [-0.1, -0.05) is 0 Å². The molecule has 1 atom stereocenters. The molecule has 0 saturated heterocycles. The molecule has 1 aromatic carbocycles. The second-order valence-corrected chi connectivity index (χ2v) is 8.47. The monoisotopic (exact) mass is 365 g/mol. The Morgan fingerprint density at radius 1 is 1.20 bits per heavy atom. The molecule has 3 rings (SSSR count). The summed E-state index contributed by atoms with van der Waals surface area (Å²) in [6, 6.07) is 4.83. The first-order chi connectivity index (χ1) is 7.24. The van der Waals surface area contributed by atoms with Crippen molar-refractivity contribution in [3.05, 3.63) is 34.4 Å². The zero-order valence-corrected chi connectivity index (χ0v) is 13.0. The van der Waals surface area contributed by atoms with Crippen molar-refractivity contribution in [1.29, 1.82) is 0 Å². The van der Waals surface area contributed by atoms with Crippen LogP contribution in [0.5, 0.6) is 0 Å². The quantitative estimate of drug-likeness (QED) is 0.672. The third-order valence-electron chi connectivity index (χ3n) is 4.27. The summed E-state index contributed by atoms with van der Waals surface area (Å²) in [5, 5.41) is 0.